The van der Waals surface area contributed by atoms with Gasteiger partial charge in [-0.1, -0.05) is 72.8 Å². The number of aliphatic imine (C=N–C) groups is 1. The lowest BCUT2D eigenvalue weighted by atomic mass is 9.69. The topological polar surface area (TPSA) is 89.5 Å². The molecule has 0 aliphatic carbocycles. The van der Waals surface area contributed by atoms with Crippen LogP contribution >= 0.6 is 0 Å². The summed E-state index contributed by atoms with van der Waals surface area (Å²) in [7, 11) is 0. The first-order valence-corrected chi connectivity index (χ1v) is 11.2. The Balaban J connectivity index is 1.82. The smallest absolute Gasteiger partial charge is 0.327 e. The Labute approximate surface area is 198 Å². The summed E-state index contributed by atoms with van der Waals surface area (Å²) in [6.07, 6.45) is 0. The van der Waals surface area contributed by atoms with E-state index in [1.807, 2.05) is 83.8 Å². The Bertz CT molecular complexity index is 1350. The van der Waals surface area contributed by atoms with Gasteiger partial charge in [-0.3, -0.25) is 9.79 Å². The second kappa shape index (κ2) is 8.50. The summed E-state index contributed by atoms with van der Waals surface area (Å²) in [5.41, 5.74) is 3.09. The van der Waals surface area contributed by atoms with Crippen LogP contribution in [0.15, 0.2) is 83.9 Å². The van der Waals surface area contributed by atoms with Gasteiger partial charge in [-0.2, -0.15) is 10.5 Å². The maximum atomic E-state index is 12.3. The third-order valence-electron chi connectivity index (χ3n) is 6.54. The van der Waals surface area contributed by atoms with Gasteiger partial charge in [0.2, 0.25) is 0 Å². The molecule has 0 bridgehead atoms. The molecule has 2 atom stereocenters. The van der Waals surface area contributed by atoms with Gasteiger partial charge in [0.25, 0.3) is 0 Å². The standard InChI is InChI=1S/C28H22N4O2/c1-2-34-24(33)16-31-27-25(19-10-4-3-5-11-19)28(17-29,18-30)26-22-14-7-6-12-20(22)21-13-8-9-15-23(21)32(26)27/h3-15,25-26H,2,16H2,1H3/t25-,26+/m1/s1. The van der Waals surface area contributed by atoms with Crippen LogP contribution < -0.4 is 4.90 Å². The normalized spacial score (nSPS) is 20.4. The maximum absolute atomic E-state index is 12.3. The number of amidine groups is 1. The minimum absolute atomic E-state index is 0.188. The molecule has 0 radical (unpaired) electrons. The van der Waals surface area contributed by atoms with E-state index in [-0.39, 0.29) is 13.2 Å². The summed E-state index contributed by atoms with van der Waals surface area (Å²) in [5, 5.41) is 21.2. The van der Waals surface area contributed by atoms with Crippen molar-refractivity contribution in [3.05, 3.63) is 90.0 Å². The molecular formula is C28H22N4O2. The summed E-state index contributed by atoms with van der Waals surface area (Å²) >= 11 is 0. The van der Waals surface area contributed by atoms with Crippen LogP contribution in [0, 0.1) is 28.1 Å². The van der Waals surface area contributed by atoms with E-state index in [0.717, 1.165) is 27.9 Å². The molecule has 0 N–H and O–H groups in total. The lowest BCUT2D eigenvalue weighted by molar-refractivity contribution is -0.141. The number of ether oxygens (including phenoxy) is 1. The van der Waals surface area contributed by atoms with Crippen molar-refractivity contribution in [2.75, 3.05) is 18.1 Å². The Kier molecular flexibility index (Phi) is 5.36. The number of hydrogen-bond acceptors (Lipinski definition) is 5. The Morgan fingerprint density at radius 3 is 2.32 bits per heavy atom. The number of esters is 1. The highest BCUT2D eigenvalue weighted by atomic mass is 16.5. The van der Waals surface area contributed by atoms with E-state index in [2.05, 4.69) is 12.1 Å². The first-order chi connectivity index (χ1) is 16.7. The van der Waals surface area contributed by atoms with Crippen molar-refractivity contribution in [2.24, 2.45) is 10.4 Å². The third kappa shape index (κ3) is 3.08. The van der Waals surface area contributed by atoms with Crippen LogP contribution in [-0.4, -0.2) is 25.0 Å². The molecule has 2 aliphatic heterocycles. The van der Waals surface area contributed by atoms with Crippen LogP contribution in [0.3, 0.4) is 0 Å². The number of carbonyl (C=O) groups is 1. The van der Waals surface area contributed by atoms with E-state index in [9.17, 15) is 15.3 Å². The zero-order valence-corrected chi connectivity index (χ0v) is 18.7. The molecule has 5 rings (SSSR count). The van der Waals surface area contributed by atoms with Crippen LogP contribution in [-0.2, 0) is 9.53 Å². The number of hydrogen-bond donors (Lipinski definition) is 0. The van der Waals surface area contributed by atoms with E-state index in [1.165, 1.54) is 0 Å². The number of anilines is 1. The largest absolute Gasteiger partial charge is 0.465 e. The molecule has 1 saturated heterocycles. The Morgan fingerprint density at radius 2 is 1.62 bits per heavy atom. The fourth-order valence-corrected chi connectivity index (χ4v) is 5.23. The molecular weight excluding hydrogens is 424 g/mol. The third-order valence-corrected chi connectivity index (χ3v) is 6.54. The molecule has 166 valence electrons. The zero-order chi connectivity index (χ0) is 23.7. The van der Waals surface area contributed by atoms with Gasteiger partial charge in [0.1, 0.15) is 12.4 Å². The molecule has 0 amide bonds. The fourth-order valence-electron chi connectivity index (χ4n) is 5.23. The minimum atomic E-state index is -1.46. The van der Waals surface area contributed by atoms with Crippen LogP contribution in [0.4, 0.5) is 5.69 Å². The van der Waals surface area contributed by atoms with Crippen molar-refractivity contribution in [1.82, 2.24) is 0 Å². The van der Waals surface area contributed by atoms with Gasteiger partial charge < -0.3 is 9.64 Å². The molecule has 0 aromatic heterocycles. The molecule has 3 aromatic carbocycles. The maximum Gasteiger partial charge on any atom is 0.327 e. The second-order valence-corrected chi connectivity index (χ2v) is 8.29. The predicted octanol–water partition coefficient (Wildman–Crippen LogP) is 5.01. The lowest BCUT2D eigenvalue weighted by Gasteiger charge is -2.37. The Hall–Kier alpha value is -4.42. The summed E-state index contributed by atoms with van der Waals surface area (Å²) in [4.78, 5) is 19.0. The van der Waals surface area contributed by atoms with Crippen molar-refractivity contribution < 1.29 is 9.53 Å². The number of carbonyl (C=O) groups excluding carboxylic acids is 1. The molecule has 2 heterocycles. The number of para-hydroxylation sites is 1. The van der Waals surface area contributed by atoms with Crippen LogP contribution in [0.1, 0.15) is 30.0 Å². The molecule has 0 spiro atoms. The van der Waals surface area contributed by atoms with Gasteiger partial charge in [-0.05, 0) is 29.7 Å². The first-order valence-electron chi connectivity index (χ1n) is 11.2. The summed E-state index contributed by atoms with van der Waals surface area (Å²) < 4.78 is 5.11. The second-order valence-electron chi connectivity index (χ2n) is 8.29. The van der Waals surface area contributed by atoms with Gasteiger partial charge in [-0.15, -0.1) is 0 Å². The van der Waals surface area contributed by atoms with Crippen molar-refractivity contribution in [2.45, 2.75) is 18.9 Å². The van der Waals surface area contributed by atoms with Gasteiger partial charge >= 0.3 is 5.97 Å². The van der Waals surface area contributed by atoms with E-state index in [1.54, 1.807) is 6.92 Å². The predicted molar refractivity (Wildman–Crippen MR) is 129 cm³/mol. The average molecular weight is 447 g/mol. The monoisotopic (exact) mass is 446 g/mol. The molecule has 0 saturated carbocycles. The van der Waals surface area contributed by atoms with Gasteiger partial charge in [-0.25, -0.2) is 0 Å². The lowest BCUT2D eigenvalue weighted by Crippen LogP contribution is -2.35. The van der Waals surface area contributed by atoms with Crippen LogP contribution in [0.25, 0.3) is 11.1 Å². The van der Waals surface area contributed by atoms with Crippen molar-refractivity contribution in [3.8, 4) is 23.3 Å². The summed E-state index contributed by atoms with van der Waals surface area (Å²) in [6, 6.07) is 29.5. The van der Waals surface area contributed by atoms with E-state index < -0.39 is 23.3 Å². The summed E-state index contributed by atoms with van der Waals surface area (Å²) in [6.45, 7) is 1.82. The highest BCUT2D eigenvalue weighted by molar-refractivity contribution is 6.11. The van der Waals surface area contributed by atoms with E-state index in [0.29, 0.717) is 5.84 Å². The summed E-state index contributed by atoms with van der Waals surface area (Å²) in [5.74, 6) is -0.577. The quantitative estimate of drug-likeness (QED) is 0.526. The molecule has 6 nitrogen and oxygen atoms in total. The Morgan fingerprint density at radius 1 is 0.971 bits per heavy atom. The number of nitriles is 2. The van der Waals surface area contributed by atoms with Crippen molar-refractivity contribution in [3.63, 3.8) is 0 Å². The SMILES string of the molecule is CCOC(=O)CN=C1[C@@H](c2ccccc2)C(C#N)(C#N)[C@@H]2c3ccccc3-c3ccccc3N12. The average Bonchev–Trinajstić information content (AvgIpc) is 3.19. The molecule has 0 unspecified atom stereocenters. The number of benzene rings is 3. The van der Waals surface area contributed by atoms with Gasteiger partial charge in [0.05, 0.1) is 36.4 Å². The van der Waals surface area contributed by atoms with Gasteiger partial charge in [0.15, 0.2) is 5.41 Å². The van der Waals surface area contributed by atoms with Crippen molar-refractivity contribution >= 4 is 17.5 Å². The first kappa shape index (κ1) is 21.4. The highest BCUT2D eigenvalue weighted by Gasteiger charge is 2.62. The number of nitrogens with zero attached hydrogens (tertiary/aromatic N) is 4. The molecule has 3 aromatic rings. The number of rotatable bonds is 4. The number of fused-ring (bicyclic) bond motifs is 6. The molecule has 1 fully saturated rings. The molecule has 34 heavy (non-hydrogen) atoms. The van der Waals surface area contributed by atoms with Gasteiger partial charge in [0, 0.05) is 5.56 Å². The molecule has 2 aliphatic rings. The zero-order valence-electron chi connectivity index (χ0n) is 18.7. The minimum Gasteiger partial charge on any atom is -0.465 e. The molecule has 6 heteroatoms. The van der Waals surface area contributed by atoms with E-state index >= 15 is 0 Å². The van der Waals surface area contributed by atoms with Crippen LogP contribution in [0.2, 0.25) is 0 Å². The van der Waals surface area contributed by atoms with Crippen molar-refractivity contribution in [1.29, 1.82) is 10.5 Å². The highest BCUT2D eigenvalue weighted by Crippen LogP contribution is 2.61. The van der Waals surface area contributed by atoms with Crippen LogP contribution in [0.5, 0.6) is 0 Å². The van der Waals surface area contributed by atoms with E-state index in [4.69, 9.17) is 9.73 Å². The fraction of sp³-hybridized carbons (Fsp3) is 0.214.